The summed E-state index contributed by atoms with van der Waals surface area (Å²) in [5.41, 5.74) is 2.48. The van der Waals surface area contributed by atoms with Gasteiger partial charge >= 0.3 is 6.01 Å². The van der Waals surface area contributed by atoms with Crippen molar-refractivity contribution in [3.8, 4) is 11.6 Å². The van der Waals surface area contributed by atoms with Crippen LogP contribution in [0.15, 0.2) is 39.6 Å². The van der Waals surface area contributed by atoms with Gasteiger partial charge in [0.25, 0.3) is 5.89 Å². The summed E-state index contributed by atoms with van der Waals surface area (Å²) in [5.74, 6) is 1.10. The van der Waals surface area contributed by atoms with Gasteiger partial charge in [0.2, 0.25) is 5.91 Å². The van der Waals surface area contributed by atoms with Crippen LogP contribution < -0.4 is 5.32 Å². The Balaban J connectivity index is 1.61. The molecule has 7 nitrogen and oxygen atoms in total. The van der Waals surface area contributed by atoms with Crippen molar-refractivity contribution in [3.05, 3.63) is 41.6 Å². The maximum atomic E-state index is 12.1. The molecule has 130 valence electrons. The number of nitrogens with one attached hydrogen (secondary N) is 1. The normalized spacial score (nSPS) is 10.8. The number of anilines is 1. The molecule has 0 aliphatic carbocycles. The minimum Gasteiger partial charge on any atom is -0.401 e. The van der Waals surface area contributed by atoms with Crippen LogP contribution in [0.25, 0.3) is 11.6 Å². The van der Waals surface area contributed by atoms with Crippen LogP contribution in [-0.2, 0) is 18.3 Å². The summed E-state index contributed by atoms with van der Waals surface area (Å²) in [6.07, 6.45) is 0.248. The van der Waals surface area contributed by atoms with Crippen molar-refractivity contribution >= 4 is 23.7 Å². The number of nitrogens with zero attached hydrogens (tertiary/aromatic N) is 4. The average Bonchev–Trinajstić information content (AvgIpc) is 3.17. The quantitative estimate of drug-likeness (QED) is 0.682. The Morgan fingerprint density at radius 1 is 1.28 bits per heavy atom. The fourth-order valence-electron chi connectivity index (χ4n) is 2.26. The fraction of sp³-hybridized carbons (Fsp3) is 0.294. The third-order valence-electron chi connectivity index (χ3n) is 3.60. The number of aryl methyl sites for hydroxylation is 2. The van der Waals surface area contributed by atoms with Crippen LogP contribution in [0.3, 0.4) is 0 Å². The van der Waals surface area contributed by atoms with E-state index in [1.807, 2.05) is 44.3 Å². The van der Waals surface area contributed by atoms with Gasteiger partial charge in [-0.05, 0) is 36.4 Å². The minimum absolute atomic E-state index is 0.0708. The molecule has 0 saturated heterocycles. The fourth-order valence-corrected chi connectivity index (χ4v) is 2.92. The first-order valence-corrected chi connectivity index (χ1v) is 8.90. The van der Waals surface area contributed by atoms with Crippen molar-refractivity contribution in [2.24, 2.45) is 7.05 Å². The van der Waals surface area contributed by atoms with Crippen LogP contribution in [0.4, 0.5) is 6.01 Å². The first-order chi connectivity index (χ1) is 12.0. The van der Waals surface area contributed by atoms with Gasteiger partial charge in [0.1, 0.15) is 5.69 Å². The Bertz CT molecular complexity index is 850. The molecule has 2 aromatic heterocycles. The molecule has 1 N–H and O–H groups in total. The summed E-state index contributed by atoms with van der Waals surface area (Å²) in [6, 6.07) is 9.85. The molecule has 1 aromatic carbocycles. The van der Waals surface area contributed by atoms with E-state index < -0.39 is 0 Å². The number of thioether (sulfide) groups is 1. The van der Waals surface area contributed by atoms with Crippen LogP contribution in [0.5, 0.6) is 0 Å². The SMILES string of the molecule is CCSc1ccc(CC(=O)Nc2nnc(-c3cc(C)n(C)n3)o2)cc1. The van der Waals surface area contributed by atoms with Gasteiger partial charge in [-0.1, -0.05) is 24.2 Å². The molecule has 1 amide bonds. The van der Waals surface area contributed by atoms with Gasteiger partial charge in [-0.25, -0.2) is 0 Å². The number of amides is 1. The van der Waals surface area contributed by atoms with Gasteiger partial charge in [0, 0.05) is 17.6 Å². The molecule has 0 radical (unpaired) electrons. The van der Waals surface area contributed by atoms with Crippen LogP contribution in [0.1, 0.15) is 18.2 Å². The van der Waals surface area contributed by atoms with Gasteiger partial charge in [-0.3, -0.25) is 14.8 Å². The van der Waals surface area contributed by atoms with E-state index in [4.69, 9.17) is 4.42 Å². The maximum absolute atomic E-state index is 12.1. The Morgan fingerprint density at radius 2 is 2.04 bits per heavy atom. The molecule has 0 saturated carbocycles. The Labute approximate surface area is 149 Å². The number of hydrogen-bond acceptors (Lipinski definition) is 6. The van der Waals surface area contributed by atoms with Crippen molar-refractivity contribution in [1.82, 2.24) is 20.0 Å². The van der Waals surface area contributed by atoms with E-state index in [0.717, 1.165) is 17.0 Å². The predicted octanol–water partition coefficient (Wildman–Crippen LogP) is 3.07. The van der Waals surface area contributed by atoms with Crippen LogP contribution >= 0.6 is 11.8 Å². The van der Waals surface area contributed by atoms with Gasteiger partial charge in [-0.15, -0.1) is 16.9 Å². The predicted molar refractivity (Wildman–Crippen MR) is 96.4 cm³/mol. The third kappa shape index (κ3) is 4.27. The number of rotatable bonds is 6. The smallest absolute Gasteiger partial charge is 0.322 e. The molecule has 0 unspecified atom stereocenters. The lowest BCUT2D eigenvalue weighted by molar-refractivity contribution is -0.115. The second kappa shape index (κ2) is 7.52. The molecule has 0 bridgehead atoms. The molecule has 0 spiro atoms. The zero-order valence-corrected chi connectivity index (χ0v) is 15.1. The van der Waals surface area contributed by atoms with E-state index in [-0.39, 0.29) is 24.2 Å². The second-order valence-corrected chi connectivity index (χ2v) is 6.85. The molecule has 0 fully saturated rings. The highest BCUT2D eigenvalue weighted by atomic mass is 32.2. The molecule has 25 heavy (non-hydrogen) atoms. The van der Waals surface area contributed by atoms with Crippen LogP contribution in [-0.4, -0.2) is 31.6 Å². The second-order valence-electron chi connectivity index (χ2n) is 5.51. The molecule has 0 aliphatic rings. The number of hydrogen-bond donors (Lipinski definition) is 1. The van der Waals surface area contributed by atoms with Crippen molar-refractivity contribution in [1.29, 1.82) is 0 Å². The van der Waals surface area contributed by atoms with Crippen LogP contribution in [0, 0.1) is 6.92 Å². The first kappa shape index (κ1) is 17.2. The zero-order valence-electron chi connectivity index (χ0n) is 14.3. The number of carbonyl (C=O) groups is 1. The summed E-state index contributed by atoms with van der Waals surface area (Å²) < 4.78 is 7.18. The summed E-state index contributed by atoms with van der Waals surface area (Å²) in [6.45, 7) is 4.04. The molecular weight excluding hydrogens is 338 g/mol. The topological polar surface area (TPSA) is 85.8 Å². The van der Waals surface area contributed by atoms with E-state index in [1.54, 1.807) is 16.4 Å². The summed E-state index contributed by atoms with van der Waals surface area (Å²) in [4.78, 5) is 13.3. The number of benzene rings is 1. The Kier molecular flexibility index (Phi) is 5.18. The molecule has 3 aromatic rings. The molecule has 0 atom stereocenters. The van der Waals surface area contributed by atoms with Crippen LogP contribution in [0.2, 0.25) is 0 Å². The number of carbonyl (C=O) groups excluding carboxylic acids is 1. The standard InChI is InChI=1S/C17H19N5O2S/c1-4-25-13-7-5-12(6-8-13)10-15(23)18-17-20-19-16(24-17)14-9-11(2)22(3)21-14/h5-9H,4,10H2,1-3H3,(H,18,20,23). The first-order valence-electron chi connectivity index (χ1n) is 7.91. The minimum atomic E-state index is -0.205. The van der Waals surface area contributed by atoms with Crippen molar-refractivity contribution in [2.45, 2.75) is 25.2 Å². The number of aromatic nitrogens is 4. The van der Waals surface area contributed by atoms with Gasteiger partial charge in [0.15, 0.2) is 0 Å². The highest BCUT2D eigenvalue weighted by molar-refractivity contribution is 7.99. The molecule has 3 rings (SSSR count). The molecule has 0 aliphatic heterocycles. The van der Waals surface area contributed by atoms with Crippen molar-refractivity contribution in [3.63, 3.8) is 0 Å². The lowest BCUT2D eigenvalue weighted by Gasteiger charge is -2.03. The van der Waals surface area contributed by atoms with E-state index in [9.17, 15) is 4.79 Å². The van der Waals surface area contributed by atoms with Gasteiger partial charge in [-0.2, -0.15) is 5.10 Å². The summed E-state index contributed by atoms with van der Waals surface area (Å²) in [7, 11) is 1.84. The van der Waals surface area contributed by atoms with Gasteiger partial charge in [0.05, 0.1) is 6.42 Å². The van der Waals surface area contributed by atoms with Crippen molar-refractivity contribution in [2.75, 3.05) is 11.1 Å². The third-order valence-corrected chi connectivity index (χ3v) is 4.50. The lowest BCUT2D eigenvalue weighted by atomic mass is 10.1. The summed E-state index contributed by atoms with van der Waals surface area (Å²) in [5, 5.41) is 14.7. The monoisotopic (exact) mass is 357 g/mol. The Hall–Kier alpha value is -2.61. The van der Waals surface area contributed by atoms with Gasteiger partial charge < -0.3 is 4.42 Å². The zero-order chi connectivity index (χ0) is 17.8. The maximum Gasteiger partial charge on any atom is 0.322 e. The highest BCUT2D eigenvalue weighted by Gasteiger charge is 2.14. The van der Waals surface area contributed by atoms with E-state index >= 15 is 0 Å². The van der Waals surface area contributed by atoms with Crippen molar-refractivity contribution < 1.29 is 9.21 Å². The molecular formula is C17H19N5O2S. The highest BCUT2D eigenvalue weighted by Crippen LogP contribution is 2.20. The molecule has 2 heterocycles. The molecule has 8 heteroatoms. The Morgan fingerprint density at radius 3 is 2.68 bits per heavy atom. The lowest BCUT2D eigenvalue weighted by Crippen LogP contribution is -2.14. The summed E-state index contributed by atoms with van der Waals surface area (Å²) >= 11 is 1.77. The largest absolute Gasteiger partial charge is 0.401 e. The van der Waals surface area contributed by atoms with E-state index in [1.165, 1.54) is 4.90 Å². The average molecular weight is 357 g/mol. The van der Waals surface area contributed by atoms with E-state index in [2.05, 4.69) is 27.5 Å². The van der Waals surface area contributed by atoms with E-state index in [0.29, 0.717) is 5.69 Å².